The summed E-state index contributed by atoms with van der Waals surface area (Å²) in [6.45, 7) is 2.48. The average Bonchev–Trinajstić information content (AvgIpc) is 2.09. The Morgan fingerprint density at radius 3 is 2.36 bits per heavy atom. The van der Waals surface area contributed by atoms with Crippen LogP contribution in [0.25, 0.3) is 0 Å². The van der Waals surface area contributed by atoms with Crippen LogP contribution >= 0.6 is 34.8 Å². The molecule has 0 aromatic carbocycles. The lowest BCUT2D eigenvalue weighted by atomic mass is 10.3. The molecule has 0 aliphatic carbocycles. The summed E-state index contributed by atoms with van der Waals surface area (Å²) in [6.07, 6.45) is 6.98. The van der Waals surface area contributed by atoms with Crippen molar-refractivity contribution in [2.24, 2.45) is 0 Å². The SMILES string of the molecule is CCC/C=C/CCOC(=N)C(Cl)(Cl)Cl. The zero-order valence-corrected chi connectivity index (χ0v) is 10.3. The maximum Gasteiger partial charge on any atom is 0.265 e. The molecule has 1 N–H and O–H groups in total. The quantitative estimate of drug-likeness (QED) is 0.260. The summed E-state index contributed by atoms with van der Waals surface area (Å²) in [5.74, 6) is -0.327. The van der Waals surface area contributed by atoms with Gasteiger partial charge in [-0.05, 0) is 12.8 Å². The van der Waals surface area contributed by atoms with Gasteiger partial charge in [0.05, 0.1) is 6.61 Å². The van der Waals surface area contributed by atoms with Crippen molar-refractivity contribution >= 4 is 40.7 Å². The van der Waals surface area contributed by atoms with Gasteiger partial charge < -0.3 is 4.74 Å². The molecule has 0 aromatic heterocycles. The van der Waals surface area contributed by atoms with E-state index >= 15 is 0 Å². The molecule has 0 saturated carbocycles. The molecular formula is C9H14Cl3NO. The molecule has 0 aliphatic heterocycles. The van der Waals surface area contributed by atoms with E-state index < -0.39 is 3.79 Å². The lowest BCUT2D eigenvalue weighted by molar-refractivity contribution is 0.303. The van der Waals surface area contributed by atoms with Crippen molar-refractivity contribution in [1.82, 2.24) is 0 Å². The highest BCUT2D eigenvalue weighted by Gasteiger charge is 2.28. The molecule has 0 rings (SSSR count). The van der Waals surface area contributed by atoms with Crippen LogP contribution in [0.2, 0.25) is 0 Å². The smallest absolute Gasteiger partial charge is 0.265 e. The first-order valence-electron chi connectivity index (χ1n) is 4.42. The summed E-state index contributed by atoms with van der Waals surface area (Å²) in [6, 6.07) is 0. The van der Waals surface area contributed by atoms with Crippen molar-refractivity contribution in [2.75, 3.05) is 6.61 Å². The third kappa shape index (κ3) is 7.48. The Bertz CT molecular complexity index is 199. The number of hydrogen-bond donors (Lipinski definition) is 1. The number of ether oxygens (including phenoxy) is 1. The van der Waals surface area contributed by atoms with Gasteiger partial charge in [-0.1, -0.05) is 60.3 Å². The monoisotopic (exact) mass is 257 g/mol. The van der Waals surface area contributed by atoms with Crippen LogP contribution in [0.5, 0.6) is 0 Å². The molecule has 2 nitrogen and oxygen atoms in total. The Morgan fingerprint density at radius 1 is 1.29 bits per heavy atom. The minimum absolute atomic E-state index is 0.327. The topological polar surface area (TPSA) is 33.1 Å². The van der Waals surface area contributed by atoms with Crippen LogP contribution in [0.15, 0.2) is 12.2 Å². The number of rotatable bonds is 5. The molecule has 0 atom stereocenters. The molecule has 0 unspecified atom stereocenters. The first kappa shape index (κ1) is 14.1. The molecule has 0 bridgehead atoms. The maximum atomic E-state index is 7.21. The van der Waals surface area contributed by atoms with Crippen LogP contribution in [0.1, 0.15) is 26.2 Å². The van der Waals surface area contributed by atoms with E-state index in [-0.39, 0.29) is 5.90 Å². The predicted molar refractivity (Wildman–Crippen MR) is 62.6 cm³/mol. The third-order valence-corrected chi connectivity index (χ3v) is 1.93. The standard InChI is InChI=1S/C9H14Cl3NO/c1-2-3-4-5-6-7-14-8(13)9(10,11)12/h4-5,13H,2-3,6-7H2,1H3/b5-4+,13-8?. The molecule has 0 aliphatic rings. The lowest BCUT2D eigenvalue weighted by Crippen LogP contribution is -2.21. The fraction of sp³-hybridized carbons (Fsp3) is 0.667. The second kappa shape index (κ2) is 7.38. The van der Waals surface area contributed by atoms with Gasteiger partial charge in [0.2, 0.25) is 5.90 Å². The minimum atomic E-state index is -1.74. The summed E-state index contributed by atoms with van der Waals surface area (Å²) < 4.78 is 3.18. The zero-order valence-electron chi connectivity index (χ0n) is 8.03. The lowest BCUT2D eigenvalue weighted by Gasteiger charge is -2.12. The Balaban J connectivity index is 3.51. The fourth-order valence-corrected chi connectivity index (χ4v) is 0.877. The molecule has 0 heterocycles. The van der Waals surface area contributed by atoms with Gasteiger partial charge in [0.25, 0.3) is 3.79 Å². The summed E-state index contributed by atoms with van der Waals surface area (Å²) in [4.78, 5) is 0. The van der Waals surface area contributed by atoms with Crippen LogP contribution in [0.3, 0.4) is 0 Å². The van der Waals surface area contributed by atoms with Crippen molar-refractivity contribution in [3.8, 4) is 0 Å². The van der Waals surface area contributed by atoms with Crippen LogP contribution in [0.4, 0.5) is 0 Å². The highest BCUT2D eigenvalue weighted by molar-refractivity contribution is 6.76. The Kier molecular flexibility index (Phi) is 7.42. The summed E-state index contributed by atoms with van der Waals surface area (Å²) >= 11 is 16.2. The van der Waals surface area contributed by atoms with Crippen LogP contribution in [0, 0.1) is 5.41 Å². The van der Waals surface area contributed by atoms with E-state index in [2.05, 4.69) is 13.0 Å². The Morgan fingerprint density at radius 2 is 1.86 bits per heavy atom. The average molecular weight is 259 g/mol. The maximum absolute atomic E-state index is 7.21. The van der Waals surface area contributed by atoms with Gasteiger partial charge >= 0.3 is 0 Å². The predicted octanol–water partition coefficient (Wildman–Crippen LogP) is 4.10. The van der Waals surface area contributed by atoms with Crippen molar-refractivity contribution in [1.29, 1.82) is 5.41 Å². The molecule has 0 amide bonds. The van der Waals surface area contributed by atoms with E-state index in [1.807, 2.05) is 6.08 Å². The molecule has 0 radical (unpaired) electrons. The third-order valence-electron chi connectivity index (χ3n) is 1.41. The Hall–Kier alpha value is 0.0800. The fourth-order valence-electron chi connectivity index (χ4n) is 0.713. The number of halogens is 3. The number of hydrogen-bond acceptors (Lipinski definition) is 2. The van der Waals surface area contributed by atoms with Gasteiger partial charge in [-0.3, -0.25) is 5.41 Å². The second-order valence-electron chi connectivity index (χ2n) is 2.72. The van der Waals surface area contributed by atoms with E-state index in [1.54, 1.807) is 0 Å². The van der Waals surface area contributed by atoms with E-state index in [0.29, 0.717) is 6.61 Å². The van der Waals surface area contributed by atoms with Gasteiger partial charge in [0.15, 0.2) is 0 Å². The van der Waals surface area contributed by atoms with Crippen molar-refractivity contribution in [3.63, 3.8) is 0 Å². The van der Waals surface area contributed by atoms with Crippen LogP contribution in [-0.2, 0) is 4.74 Å². The number of alkyl halides is 3. The largest absolute Gasteiger partial charge is 0.478 e. The van der Waals surface area contributed by atoms with Crippen LogP contribution < -0.4 is 0 Å². The van der Waals surface area contributed by atoms with E-state index in [1.165, 1.54) is 0 Å². The molecular weight excluding hydrogens is 244 g/mol. The van der Waals surface area contributed by atoms with Crippen molar-refractivity contribution < 1.29 is 4.74 Å². The Labute approximate surface area is 99.7 Å². The molecule has 0 spiro atoms. The summed E-state index contributed by atoms with van der Waals surface area (Å²) in [7, 11) is 0. The molecule has 0 aromatic rings. The van der Waals surface area contributed by atoms with Gasteiger partial charge in [0.1, 0.15) is 0 Å². The molecule has 5 heteroatoms. The second-order valence-corrected chi connectivity index (χ2v) is 5.01. The van der Waals surface area contributed by atoms with Crippen molar-refractivity contribution in [2.45, 2.75) is 30.0 Å². The van der Waals surface area contributed by atoms with Gasteiger partial charge in [-0.2, -0.15) is 0 Å². The summed E-state index contributed by atoms with van der Waals surface area (Å²) in [5.41, 5.74) is 0. The molecule has 0 saturated heterocycles. The van der Waals surface area contributed by atoms with Gasteiger partial charge in [-0.15, -0.1) is 0 Å². The number of allylic oxidation sites excluding steroid dienone is 1. The van der Waals surface area contributed by atoms with E-state index in [0.717, 1.165) is 19.3 Å². The first-order valence-corrected chi connectivity index (χ1v) is 5.55. The molecule has 14 heavy (non-hydrogen) atoms. The van der Waals surface area contributed by atoms with Crippen molar-refractivity contribution in [3.05, 3.63) is 12.2 Å². The van der Waals surface area contributed by atoms with Crippen LogP contribution in [-0.4, -0.2) is 16.3 Å². The molecule has 82 valence electrons. The highest BCUT2D eigenvalue weighted by atomic mass is 35.6. The summed E-state index contributed by atoms with van der Waals surface area (Å²) in [5, 5.41) is 7.21. The number of nitrogens with one attached hydrogen (secondary N) is 1. The minimum Gasteiger partial charge on any atom is -0.478 e. The van der Waals surface area contributed by atoms with E-state index in [9.17, 15) is 0 Å². The van der Waals surface area contributed by atoms with Gasteiger partial charge in [-0.25, -0.2) is 0 Å². The number of unbranched alkanes of at least 4 members (excludes halogenated alkanes) is 1. The first-order chi connectivity index (χ1) is 6.48. The highest BCUT2D eigenvalue weighted by Crippen LogP contribution is 2.27. The van der Waals surface area contributed by atoms with Gasteiger partial charge in [0, 0.05) is 0 Å². The van der Waals surface area contributed by atoms with E-state index in [4.69, 9.17) is 44.9 Å². The molecule has 0 fully saturated rings. The normalized spacial score (nSPS) is 12.0. The zero-order chi connectivity index (χ0) is 11.0.